The van der Waals surface area contributed by atoms with E-state index in [1.807, 2.05) is 20.8 Å². The third-order valence-electron chi connectivity index (χ3n) is 5.95. The summed E-state index contributed by atoms with van der Waals surface area (Å²) in [7, 11) is 0. The number of nitrogens with zero attached hydrogens (tertiary/aromatic N) is 3. The van der Waals surface area contributed by atoms with Crippen molar-refractivity contribution in [2.75, 3.05) is 0 Å². The summed E-state index contributed by atoms with van der Waals surface area (Å²) in [5.41, 5.74) is -0.108. The number of rotatable bonds is 4. The minimum Gasteiger partial charge on any atom is -0.347 e. The van der Waals surface area contributed by atoms with Crippen LogP contribution in [0.4, 0.5) is 0 Å². The Morgan fingerprint density at radius 1 is 1.26 bits per heavy atom. The highest BCUT2D eigenvalue weighted by Crippen LogP contribution is 2.65. The third-order valence-corrected chi connectivity index (χ3v) is 5.95. The molecule has 2 bridgehead atoms. The Labute approximate surface area is 136 Å². The molecule has 1 aromatic rings. The lowest BCUT2D eigenvalue weighted by molar-refractivity contribution is -0.127. The van der Waals surface area contributed by atoms with Crippen LogP contribution in [0.25, 0.3) is 0 Å². The molecule has 3 aliphatic carbocycles. The summed E-state index contributed by atoms with van der Waals surface area (Å²) in [6.45, 7) is 5.78. The van der Waals surface area contributed by atoms with E-state index >= 15 is 0 Å². The molecule has 0 aromatic carbocycles. The summed E-state index contributed by atoms with van der Waals surface area (Å²) in [5.74, 6) is 2.98. The molecular formula is C17H24N4O2. The molecule has 1 N–H and O–H groups in total. The number of aromatic nitrogens is 3. The Kier molecular flexibility index (Phi) is 3.15. The lowest BCUT2D eigenvalue weighted by Gasteiger charge is -2.15. The van der Waals surface area contributed by atoms with E-state index in [4.69, 9.17) is 0 Å². The van der Waals surface area contributed by atoms with E-state index in [0.717, 1.165) is 11.8 Å². The Hall–Kier alpha value is -1.72. The van der Waals surface area contributed by atoms with E-state index < -0.39 is 5.41 Å². The van der Waals surface area contributed by atoms with Gasteiger partial charge in [0.05, 0.1) is 6.20 Å². The topological polar surface area (TPSA) is 76.9 Å². The second kappa shape index (κ2) is 4.89. The number of carbonyl (C=O) groups is 2. The molecule has 124 valence electrons. The maximum Gasteiger partial charge on any atom is 0.273 e. The molecule has 6 heteroatoms. The number of Topliss-reactive ketones (excluding diaryl/α,β-unsaturated/α-hetero) is 1. The monoisotopic (exact) mass is 316 g/mol. The third kappa shape index (κ3) is 2.48. The zero-order chi connectivity index (χ0) is 16.4. The van der Waals surface area contributed by atoms with Crippen LogP contribution < -0.4 is 5.32 Å². The van der Waals surface area contributed by atoms with Gasteiger partial charge in [0.2, 0.25) is 0 Å². The van der Waals surface area contributed by atoms with Crippen molar-refractivity contribution in [2.24, 2.45) is 29.1 Å². The van der Waals surface area contributed by atoms with E-state index in [1.54, 1.807) is 6.20 Å². The first-order chi connectivity index (χ1) is 10.8. The van der Waals surface area contributed by atoms with Gasteiger partial charge in [-0.15, -0.1) is 5.10 Å². The molecule has 3 saturated carbocycles. The molecule has 23 heavy (non-hydrogen) atoms. The van der Waals surface area contributed by atoms with Crippen molar-refractivity contribution < 1.29 is 9.59 Å². The summed E-state index contributed by atoms with van der Waals surface area (Å²) in [4.78, 5) is 24.4. The van der Waals surface area contributed by atoms with Crippen LogP contribution in [0, 0.1) is 29.1 Å². The number of fused-ring (bicyclic) bond motifs is 5. The fourth-order valence-electron chi connectivity index (χ4n) is 4.61. The van der Waals surface area contributed by atoms with Crippen LogP contribution >= 0.6 is 0 Å². The van der Waals surface area contributed by atoms with Crippen LogP contribution in [0.3, 0.4) is 0 Å². The van der Waals surface area contributed by atoms with E-state index in [-0.39, 0.29) is 18.2 Å². The molecule has 0 spiro atoms. The van der Waals surface area contributed by atoms with Crippen LogP contribution in [0.5, 0.6) is 0 Å². The number of carbonyl (C=O) groups excluding carboxylic acids is 2. The molecule has 1 amide bonds. The van der Waals surface area contributed by atoms with Gasteiger partial charge in [0.15, 0.2) is 11.5 Å². The molecule has 1 unspecified atom stereocenters. The van der Waals surface area contributed by atoms with Crippen molar-refractivity contribution in [3.8, 4) is 0 Å². The molecule has 0 radical (unpaired) electrons. The maximum atomic E-state index is 12.3. The smallest absolute Gasteiger partial charge is 0.273 e. The van der Waals surface area contributed by atoms with Crippen molar-refractivity contribution >= 4 is 11.7 Å². The molecule has 6 nitrogen and oxygen atoms in total. The van der Waals surface area contributed by atoms with Gasteiger partial charge in [-0.1, -0.05) is 26.0 Å². The summed E-state index contributed by atoms with van der Waals surface area (Å²) >= 11 is 0. The Morgan fingerprint density at radius 3 is 2.52 bits per heavy atom. The van der Waals surface area contributed by atoms with Gasteiger partial charge in [-0.05, 0) is 42.9 Å². The van der Waals surface area contributed by atoms with Crippen molar-refractivity contribution in [3.05, 3.63) is 11.9 Å². The minimum absolute atomic E-state index is 0.0719. The lowest BCUT2D eigenvalue weighted by Crippen LogP contribution is -2.30. The molecule has 4 rings (SSSR count). The summed E-state index contributed by atoms with van der Waals surface area (Å²) in [5, 5.41) is 11.0. The largest absolute Gasteiger partial charge is 0.347 e. The molecule has 5 atom stereocenters. The van der Waals surface area contributed by atoms with Crippen molar-refractivity contribution in [1.82, 2.24) is 20.3 Å². The highest BCUT2D eigenvalue weighted by molar-refractivity contribution is 5.92. The van der Waals surface area contributed by atoms with Crippen LogP contribution in [0.1, 0.15) is 50.5 Å². The van der Waals surface area contributed by atoms with Crippen LogP contribution in [0.15, 0.2) is 6.20 Å². The van der Waals surface area contributed by atoms with Crippen LogP contribution in [0.2, 0.25) is 0 Å². The van der Waals surface area contributed by atoms with Gasteiger partial charge in [-0.2, -0.15) is 0 Å². The van der Waals surface area contributed by atoms with Gasteiger partial charge >= 0.3 is 0 Å². The van der Waals surface area contributed by atoms with E-state index in [1.165, 1.54) is 23.9 Å². The van der Waals surface area contributed by atoms with Gasteiger partial charge in [-0.3, -0.25) is 9.59 Å². The predicted octanol–water partition coefficient (Wildman–Crippen LogP) is 1.67. The molecule has 0 saturated heterocycles. The maximum absolute atomic E-state index is 12.3. The first-order valence-corrected chi connectivity index (χ1v) is 8.59. The Balaban J connectivity index is 1.36. The zero-order valence-corrected chi connectivity index (χ0v) is 14.0. The van der Waals surface area contributed by atoms with Gasteiger partial charge in [0.1, 0.15) is 6.54 Å². The van der Waals surface area contributed by atoms with E-state index in [2.05, 4.69) is 15.6 Å². The fourth-order valence-corrected chi connectivity index (χ4v) is 4.61. The van der Waals surface area contributed by atoms with Crippen molar-refractivity contribution in [3.63, 3.8) is 0 Å². The van der Waals surface area contributed by atoms with Crippen molar-refractivity contribution in [2.45, 2.75) is 52.6 Å². The SMILES string of the molecule is CC(C)(C)C(=O)Cn1cc(C(=O)NC2[C@@H]3[C@H]4CC[C@@H](C4)[C@H]23)nn1. The number of hydrogen-bond acceptors (Lipinski definition) is 4. The average molecular weight is 316 g/mol. The van der Waals surface area contributed by atoms with E-state index in [0.29, 0.717) is 23.6 Å². The second-order valence-electron chi connectivity index (χ2n) is 8.46. The first kappa shape index (κ1) is 14.8. The average Bonchev–Trinajstić information content (AvgIpc) is 2.91. The standard InChI is InChI=1S/C17H24N4O2/c1-17(2,3)12(22)8-21-7-11(19-20-21)16(23)18-15-13-9-4-5-10(6-9)14(13)15/h7,9-10,13-15H,4-6,8H2,1-3H3,(H,18,23)/t9-,10-,13-,14+,15?/m0/s1. The predicted molar refractivity (Wildman–Crippen MR) is 83.5 cm³/mol. The molecular weight excluding hydrogens is 292 g/mol. The van der Waals surface area contributed by atoms with Gasteiger partial charge < -0.3 is 5.32 Å². The number of hydrogen-bond donors (Lipinski definition) is 1. The van der Waals surface area contributed by atoms with Gasteiger partial charge in [0, 0.05) is 11.5 Å². The summed E-state index contributed by atoms with van der Waals surface area (Å²) in [6, 6.07) is 0.343. The van der Waals surface area contributed by atoms with Gasteiger partial charge in [-0.25, -0.2) is 4.68 Å². The quantitative estimate of drug-likeness (QED) is 0.916. The zero-order valence-electron chi connectivity index (χ0n) is 14.0. The number of nitrogens with one attached hydrogen (secondary N) is 1. The molecule has 1 aromatic heterocycles. The van der Waals surface area contributed by atoms with Crippen LogP contribution in [-0.2, 0) is 11.3 Å². The number of amides is 1. The van der Waals surface area contributed by atoms with Gasteiger partial charge in [0.25, 0.3) is 5.91 Å². The van der Waals surface area contributed by atoms with Crippen molar-refractivity contribution in [1.29, 1.82) is 0 Å². The Morgan fingerprint density at radius 2 is 1.91 bits per heavy atom. The minimum atomic E-state index is -0.418. The fraction of sp³-hybridized carbons (Fsp3) is 0.765. The summed E-state index contributed by atoms with van der Waals surface area (Å²) in [6.07, 6.45) is 5.62. The molecule has 3 fully saturated rings. The summed E-state index contributed by atoms with van der Waals surface area (Å²) < 4.78 is 1.46. The molecule has 3 aliphatic rings. The highest BCUT2D eigenvalue weighted by atomic mass is 16.2. The first-order valence-electron chi connectivity index (χ1n) is 8.59. The van der Waals surface area contributed by atoms with E-state index in [9.17, 15) is 9.59 Å². The second-order valence-corrected chi connectivity index (χ2v) is 8.46. The van der Waals surface area contributed by atoms with Crippen LogP contribution in [-0.4, -0.2) is 32.7 Å². The highest BCUT2D eigenvalue weighted by Gasteiger charge is 2.65. The molecule has 0 aliphatic heterocycles. The molecule has 1 heterocycles. The Bertz CT molecular complexity index is 644. The number of ketones is 1. The lowest BCUT2D eigenvalue weighted by atomic mass is 9.91. The normalized spacial score (nSPS) is 34.3.